The average molecular weight is 304 g/mol. The lowest BCUT2D eigenvalue weighted by Gasteiger charge is -2.14. The second-order valence-electron chi connectivity index (χ2n) is 5.14. The van der Waals surface area contributed by atoms with Crippen molar-refractivity contribution in [1.82, 2.24) is 10.3 Å². The molecule has 2 heterocycles. The molecule has 0 spiro atoms. The Morgan fingerprint density at radius 1 is 1.45 bits per heavy atom. The number of hydrogen-bond acceptors (Lipinski definition) is 4. The maximum atomic E-state index is 12.2. The molecule has 6 heteroatoms. The van der Waals surface area contributed by atoms with Gasteiger partial charge in [0.05, 0.1) is 30.5 Å². The number of nitrogens with two attached hydrogens (primary N) is 1. The van der Waals surface area contributed by atoms with Crippen molar-refractivity contribution in [2.24, 2.45) is 10.7 Å². The molecule has 1 aromatic rings. The smallest absolute Gasteiger partial charge is 0.217 e. The van der Waals surface area contributed by atoms with Crippen molar-refractivity contribution in [3.05, 3.63) is 53.1 Å². The molecule has 1 aliphatic heterocycles. The summed E-state index contributed by atoms with van der Waals surface area (Å²) in [6, 6.07) is 3.53. The van der Waals surface area contributed by atoms with Gasteiger partial charge in [0.25, 0.3) is 0 Å². The minimum atomic E-state index is -0.372. The molecule has 4 N–H and O–H groups in total. The number of halogens is 1. The van der Waals surface area contributed by atoms with Gasteiger partial charge in [-0.1, -0.05) is 6.07 Å². The van der Waals surface area contributed by atoms with Gasteiger partial charge in [-0.3, -0.25) is 9.37 Å². The van der Waals surface area contributed by atoms with Crippen LogP contribution < -0.4 is 11.1 Å². The summed E-state index contributed by atoms with van der Waals surface area (Å²) in [5.74, 6) is -0.0757. The predicted molar refractivity (Wildman–Crippen MR) is 85.4 cm³/mol. The molecule has 0 aromatic carbocycles. The fourth-order valence-electron chi connectivity index (χ4n) is 2.22. The molecule has 0 saturated heterocycles. The molecule has 0 aliphatic carbocycles. The second kappa shape index (κ2) is 7.70. The highest BCUT2D eigenvalue weighted by Crippen LogP contribution is 2.11. The number of aryl methyl sites for hydroxylation is 2. The Morgan fingerprint density at radius 2 is 2.27 bits per heavy atom. The molecule has 0 fully saturated rings. The third-order valence-electron chi connectivity index (χ3n) is 3.48. The van der Waals surface area contributed by atoms with Crippen LogP contribution in [0.2, 0.25) is 0 Å². The Hall–Kier alpha value is -2.21. The van der Waals surface area contributed by atoms with E-state index in [-0.39, 0.29) is 18.6 Å². The minimum Gasteiger partial charge on any atom is -0.493 e. The second-order valence-corrected chi connectivity index (χ2v) is 5.14. The third kappa shape index (κ3) is 4.14. The lowest BCUT2D eigenvalue weighted by Crippen LogP contribution is -2.28. The fraction of sp³-hybridized carbons (Fsp3) is 0.375. The van der Waals surface area contributed by atoms with Crippen molar-refractivity contribution in [3.8, 4) is 0 Å². The zero-order valence-corrected chi connectivity index (χ0v) is 12.6. The average Bonchev–Trinajstić information content (AvgIpc) is 2.49. The van der Waals surface area contributed by atoms with Crippen molar-refractivity contribution in [3.63, 3.8) is 0 Å². The number of aliphatic hydroxyl groups excluding tert-OH is 1. The van der Waals surface area contributed by atoms with Crippen LogP contribution in [0.3, 0.4) is 0 Å². The first-order chi connectivity index (χ1) is 10.6. The minimum absolute atomic E-state index is 0.0757. The standard InChI is InChI=1S/C16H21FN4O/c1-11-12(3-2-7-17)4-5-13(21-11)9-19-10-14-15(18)6-8-20-16(14)22/h4-6,8,10,15,19H,2-3,7,9,18H2,1H3,(H,20,22)/b14-10+. The Bertz CT molecular complexity index is 610. The molecule has 22 heavy (non-hydrogen) atoms. The first-order valence-corrected chi connectivity index (χ1v) is 7.26. The van der Waals surface area contributed by atoms with Crippen molar-refractivity contribution in [1.29, 1.82) is 0 Å². The van der Waals surface area contributed by atoms with E-state index in [4.69, 9.17) is 5.73 Å². The molecule has 0 amide bonds. The number of aliphatic imine (C=N–C) groups is 1. The Kier molecular flexibility index (Phi) is 5.66. The van der Waals surface area contributed by atoms with E-state index in [1.165, 1.54) is 6.20 Å². The van der Waals surface area contributed by atoms with E-state index in [0.717, 1.165) is 17.0 Å². The van der Waals surface area contributed by atoms with Crippen molar-refractivity contribution < 1.29 is 9.50 Å². The third-order valence-corrected chi connectivity index (χ3v) is 3.48. The van der Waals surface area contributed by atoms with Crippen LogP contribution in [0.25, 0.3) is 0 Å². The Labute approximate surface area is 129 Å². The van der Waals surface area contributed by atoms with Crippen LogP contribution in [0.15, 0.2) is 41.2 Å². The van der Waals surface area contributed by atoms with Gasteiger partial charge in [0.2, 0.25) is 5.90 Å². The normalized spacial score (nSPS) is 19.3. The molecule has 5 nitrogen and oxygen atoms in total. The molecule has 0 bridgehead atoms. The van der Waals surface area contributed by atoms with Gasteiger partial charge >= 0.3 is 0 Å². The maximum absolute atomic E-state index is 12.2. The molecule has 0 radical (unpaired) electrons. The van der Waals surface area contributed by atoms with Crippen LogP contribution in [0, 0.1) is 6.92 Å². The van der Waals surface area contributed by atoms with E-state index in [1.54, 1.807) is 12.3 Å². The maximum Gasteiger partial charge on any atom is 0.217 e. The molecule has 0 saturated carbocycles. The van der Waals surface area contributed by atoms with Crippen molar-refractivity contribution in [2.45, 2.75) is 32.4 Å². The Morgan fingerprint density at radius 3 is 2.95 bits per heavy atom. The van der Waals surface area contributed by atoms with Crippen LogP contribution >= 0.6 is 0 Å². The van der Waals surface area contributed by atoms with Gasteiger partial charge in [-0.15, -0.1) is 0 Å². The number of nitrogens with one attached hydrogen (secondary N) is 1. The fourth-order valence-corrected chi connectivity index (χ4v) is 2.22. The lowest BCUT2D eigenvalue weighted by atomic mass is 10.1. The van der Waals surface area contributed by atoms with Gasteiger partial charge in [0.15, 0.2) is 0 Å². The lowest BCUT2D eigenvalue weighted by molar-refractivity contribution is 0.472. The van der Waals surface area contributed by atoms with Gasteiger partial charge in [-0.05, 0) is 37.5 Å². The number of aliphatic hydroxyl groups is 1. The summed E-state index contributed by atoms with van der Waals surface area (Å²) in [5, 5.41) is 12.7. The molecular formula is C16H21FN4O. The van der Waals surface area contributed by atoms with Crippen LogP contribution in [0.1, 0.15) is 23.4 Å². The van der Waals surface area contributed by atoms with Gasteiger partial charge in [-0.2, -0.15) is 0 Å². The van der Waals surface area contributed by atoms with E-state index in [9.17, 15) is 9.50 Å². The van der Waals surface area contributed by atoms with Gasteiger partial charge < -0.3 is 16.2 Å². The zero-order valence-electron chi connectivity index (χ0n) is 12.6. The van der Waals surface area contributed by atoms with Gasteiger partial charge in [-0.25, -0.2) is 4.99 Å². The Balaban J connectivity index is 1.96. The van der Waals surface area contributed by atoms with E-state index < -0.39 is 0 Å². The summed E-state index contributed by atoms with van der Waals surface area (Å²) in [6.07, 6.45) is 6.07. The summed E-state index contributed by atoms with van der Waals surface area (Å²) in [4.78, 5) is 8.29. The highest BCUT2D eigenvalue weighted by molar-refractivity contribution is 5.94. The molecule has 118 valence electrons. The number of hydrogen-bond donors (Lipinski definition) is 3. The predicted octanol–water partition coefficient (Wildman–Crippen LogP) is 2.08. The zero-order chi connectivity index (χ0) is 15.9. The molecule has 2 rings (SSSR count). The SMILES string of the molecule is Cc1nc(CN/C=C2/C(O)=NC=CC2N)ccc1CCCF. The van der Waals surface area contributed by atoms with Crippen molar-refractivity contribution >= 4 is 5.90 Å². The summed E-state index contributed by atoms with van der Waals surface area (Å²) < 4.78 is 12.2. The molecule has 1 aliphatic rings. The quantitative estimate of drug-likeness (QED) is 0.751. The molecule has 1 aromatic heterocycles. The number of alkyl halides is 1. The van der Waals surface area contributed by atoms with E-state index >= 15 is 0 Å². The number of pyridine rings is 1. The van der Waals surface area contributed by atoms with Crippen LogP contribution in [0.4, 0.5) is 4.39 Å². The first-order valence-electron chi connectivity index (χ1n) is 7.26. The van der Waals surface area contributed by atoms with E-state index in [2.05, 4.69) is 15.3 Å². The first kappa shape index (κ1) is 16.2. The summed E-state index contributed by atoms with van der Waals surface area (Å²) in [6.45, 7) is 2.13. The number of aromatic nitrogens is 1. The molecule has 1 atom stereocenters. The number of rotatable bonds is 6. The van der Waals surface area contributed by atoms with Crippen LogP contribution in [-0.4, -0.2) is 28.7 Å². The number of nitrogens with zero attached hydrogens (tertiary/aromatic N) is 2. The van der Waals surface area contributed by atoms with E-state index in [0.29, 0.717) is 25.0 Å². The summed E-state index contributed by atoms with van der Waals surface area (Å²) >= 11 is 0. The monoisotopic (exact) mass is 304 g/mol. The van der Waals surface area contributed by atoms with Crippen LogP contribution in [0.5, 0.6) is 0 Å². The summed E-state index contributed by atoms with van der Waals surface area (Å²) in [5.41, 5.74) is 9.26. The van der Waals surface area contributed by atoms with Crippen LogP contribution in [-0.2, 0) is 13.0 Å². The summed E-state index contributed by atoms with van der Waals surface area (Å²) in [7, 11) is 0. The highest BCUT2D eigenvalue weighted by Gasteiger charge is 2.14. The molecular weight excluding hydrogens is 283 g/mol. The van der Waals surface area contributed by atoms with Crippen molar-refractivity contribution in [2.75, 3.05) is 6.67 Å². The van der Waals surface area contributed by atoms with E-state index in [1.807, 2.05) is 19.1 Å². The highest BCUT2D eigenvalue weighted by atomic mass is 19.1. The largest absolute Gasteiger partial charge is 0.493 e. The molecule has 1 unspecified atom stereocenters. The van der Waals surface area contributed by atoms with Gasteiger partial charge in [0.1, 0.15) is 0 Å². The van der Waals surface area contributed by atoms with Gasteiger partial charge in [0, 0.05) is 18.1 Å². The topological polar surface area (TPSA) is 83.5 Å².